The van der Waals surface area contributed by atoms with E-state index < -0.39 is 15.9 Å². The van der Waals surface area contributed by atoms with Crippen molar-refractivity contribution in [3.8, 4) is 0 Å². The Kier molecular flexibility index (Phi) is 5.71. The highest BCUT2D eigenvalue weighted by Gasteiger charge is 2.34. The predicted octanol–water partition coefficient (Wildman–Crippen LogP) is 2.96. The summed E-state index contributed by atoms with van der Waals surface area (Å²) in [6.07, 6.45) is 1.23. The fraction of sp³-hybridized carbons (Fsp3) is 0.500. The van der Waals surface area contributed by atoms with Crippen LogP contribution < -0.4 is 0 Å². The lowest BCUT2D eigenvalue weighted by Crippen LogP contribution is -2.42. The molecule has 0 unspecified atom stereocenters. The Morgan fingerprint density at radius 2 is 2.14 bits per heavy atom. The van der Waals surface area contributed by atoms with Gasteiger partial charge in [-0.25, -0.2) is 8.42 Å². The quantitative estimate of drug-likeness (QED) is 0.769. The zero-order valence-corrected chi connectivity index (χ0v) is 14.4. The van der Waals surface area contributed by atoms with E-state index in [1.165, 1.54) is 22.5 Å². The molecule has 5 nitrogen and oxygen atoms in total. The van der Waals surface area contributed by atoms with Gasteiger partial charge in [0.1, 0.15) is 4.90 Å². The van der Waals surface area contributed by atoms with Crippen molar-refractivity contribution in [2.45, 2.75) is 24.7 Å². The van der Waals surface area contributed by atoms with Crippen LogP contribution in [0.5, 0.6) is 0 Å². The average molecular weight is 366 g/mol. The van der Waals surface area contributed by atoms with Crippen molar-refractivity contribution >= 4 is 39.2 Å². The van der Waals surface area contributed by atoms with Crippen molar-refractivity contribution in [2.24, 2.45) is 5.92 Å². The van der Waals surface area contributed by atoms with E-state index in [9.17, 15) is 13.2 Å². The van der Waals surface area contributed by atoms with E-state index in [4.69, 9.17) is 27.9 Å². The summed E-state index contributed by atoms with van der Waals surface area (Å²) >= 11 is 11.8. The summed E-state index contributed by atoms with van der Waals surface area (Å²) < 4.78 is 31.7. The second-order valence-corrected chi connectivity index (χ2v) is 7.78. The molecule has 0 bridgehead atoms. The third kappa shape index (κ3) is 3.74. The van der Waals surface area contributed by atoms with E-state index in [0.717, 1.165) is 0 Å². The van der Waals surface area contributed by atoms with E-state index >= 15 is 0 Å². The van der Waals surface area contributed by atoms with Gasteiger partial charge in [0.15, 0.2) is 0 Å². The summed E-state index contributed by atoms with van der Waals surface area (Å²) in [6.45, 7) is 2.48. The molecule has 1 aliphatic heterocycles. The number of piperidine rings is 1. The molecule has 1 aliphatic rings. The number of carbonyl (C=O) groups excluding carboxylic acids is 1. The summed E-state index contributed by atoms with van der Waals surface area (Å²) in [5, 5.41) is 0.442. The molecule has 1 atom stereocenters. The number of sulfonamides is 1. The van der Waals surface area contributed by atoms with E-state index in [-0.39, 0.29) is 29.0 Å². The van der Waals surface area contributed by atoms with Gasteiger partial charge in [0.25, 0.3) is 0 Å². The van der Waals surface area contributed by atoms with Crippen LogP contribution in [0.2, 0.25) is 10.0 Å². The molecule has 1 saturated heterocycles. The van der Waals surface area contributed by atoms with Crippen LogP contribution in [0.4, 0.5) is 0 Å². The minimum Gasteiger partial charge on any atom is -0.466 e. The molecule has 22 heavy (non-hydrogen) atoms. The number of rotatable bonds is 4. The second kappa shape index (κ2) is 7.17. The normalized spacial score (nSPS) is 19.9. The number of nitrogens with zero attached hydrogens (tertiary/aromatic N) is 1. The zero-order valence-electron chi connectivity index (χ0n) is 12.1. The molecular weight excluding hydrogens is 349 g/mol. The predicted molar refractivity (Wildman–Crippen MR) is 84.6 cm³/mol. The first-order valence-corrected chi connectivity index (χ1v) is 9.17. The van der Waals surface area contributed by atoms with Gasteiger partial charge in [-0.2, -0.15) is 4.31 Å². The molecule has 0 radical (unpaired) electrons. The smallest absolute Gasteiger partial charge is 0.310 e. The lowest BCUT2D eigenvalue weighted by Gasteiger charge is -2.30. The first kappa shape index (κ1) is 17.5. The molecule has 1 aromatic carbocycles. The molecule has 1 fully saturated rings. The fourth-order valence-corrected chi connectivity index (χ4v) is 4.71. The van der Waals surface area contributed by atoms with E-state index in [1.54, 1.807) is 6.92 Å². The standard InChI is InChI=1S/C14H17Cl2NO4S/c1-2-21-14(18)10-4-3-7-17(9-10)22(19,20)13-6-5-11(15)8-12(13)16/h5-6,8,10H,2-4,7,9H2,1H3/t10-/m0/s1. The molecule has 1 heterocycles. The number of hydrogen-bond donors (Lipinski definition) is 0. The van der Waals surface area contributed by atoms with Crippen LogP contribution >= 0.6 is 23.2 Å². The van der Waals surface area contributed by atoms with Crippen molar-refractivity contribution in [1.29, 1.82) is 0 Å². The molecule has 0 amide bonds. The Morgan fingerprint density at radius 1 is 1.41 bits per heavy atom. The second-order valence-electron chi connectivity index (χ2n) is 5.03. The Balaban J connectivity index is 2.23. The van der Waals surface area contributed by atoms with Gasteiger partial charge in [0.2, 0.25) is 10.0 Å². The Bertz CT molecular complexity index is 663. The maximum Gasteiger partial charge on any atom is 0.310 e. The first-order chi connectivity index (χ1) is 10.4. The molecule has 0 aliphatic carbocycles. The summed E-state index contributed by atoms with van der Waals surface area (Å²) in [6, 6.07) is 4.25. The third-order valence-electron chi connectivity index (χ3n) is 3.52. The van der Waals surface area contributed by atoms with Crippen LogP contribution in [0.25, 0.3) is 0 Å². The number of ether oxygens (including phenoxy) is 1. The Hall–Kier alpha value is -0.820. The SMILES string of the molecule is CCOC(=O)[C@H]1CCCN(S(=O)(=O)c2ccc(Cl)cc2Cl)C1. The van der Waals surface area contributed by atoms with Gasteiger partial charge >= 0.3 is 5.97 Å². The van der Waals surface area contributed by atoms with Gasteiger partial charge < -0.3 is 4.74 Å². The van der Waals surface area contributed by atoms with Crippen molar-refractivity contribution in [2.75, 3.05) is 19.7 Å². The number of esters is 1. The van der Waals surface area contributed by atoms with Crippen LogP contribution in [-0.2, 0) is 19.6 Å². The number of benzene rings is 1. The molecule has 8 heteroatoms. The van der Waals surface area contributed by atoms with Crippen LogP contribution in [0.3, 0.4) is 0 Å². The topological polar surface area (TPSA) is 63.7 Å². The minimum atomic E-state index is -3.76. The minimum absolute atomic E-state index is 0.00285. The molecule has 2 rings (SSSR count). The number of hydrogen-bond acceptors (Lipinski definition) is 4. The Morgan fingerprint density at radius 3 is 2.77 bits per heavy atom. The molecule has 0 N–H and O–H groups in total. The largest absolute Gasteiger partial charge is 0.466 e. The monoisotopic (exact) mass is 365 g/mol. The van der Waals surface area contributed by atoms with Gasteiger partial charge in [-0.3, -0.25) is 4.79 Å². The van der Waals surface area contributed by atoms with Gasteiger partial charge in [-0.15, -0.1) is 0 Å². The van der Waals surface area contributed by atoms with Crippen LogP contribution in [0.15, 0.2) is 23.1 Å². The maximum absolute atomic E-state index is 12.7. The molecule has 122 valence electrons. The van der Waals surface area contributed by atoms with Gasteiger partial charge in [0.05, 0.1) is 17.5 Å². The molecule has 0 saturated carbocycles. The molecule has 0 aromatic heterocycles. The lowest BCUT2D eigenvalue weighted by atomic mass is 10.0. The zero-order chi connectivity index (χ0) is 16.3. The highest BCUT2D eigenvalue weighted by molar-refractivity contribution is 7.89. The Labute approximate surface area is 140 Å². The maximum atomic E-state index is 12.7. The van der Waals surface area contributed by atoms with Crippen LogP contribution in [-0.4, -0.2) is 38.4 Å². The summed E-state index contributed by atoms with van der Waals surface area (Å²) in [5.74, 6) is -0.792. The van der Waals surface area contributed by atoms with Crippen molar-refractivity contribution in [3.05, 3.63) is 28.2 Å². The van der Waals surface area contributed by atoms with Crippen molar-refractivity contribution in [1.82, 2.24) is 4.31 Å². The first-order valence-electron chi connectivity index (χ1n) is 6.98. The van der Waals surface area contributed by atoms with Gasteiger partial charge in [-0.1, -0.05) is 23.2 Å². The highest BCUT2D eigenvalue weighted by Crippen LogP contribution is 2.30. The van der Waals surface area contributed by atoms with Crippen LogP contribution in [0.1, 0.15) is 19.8 Å². The number of carbonyl (C=O) groups is 1. The summed E-state index contributed by atoms with van der Waals surface area (Å²) in [7, 11) is -3.76. The summed E-state index contributed by atoms with van der Waals surface area (Å²) in [5.41, 5.74) is 0. The fourth-order valence-electron chi connectivity index (χ4n) is 2.44. The van der Waals surface area contributed by atoms with Crippen molar-refractivity contribution < 1.29 is 17.9 Å². The molecular formula is C14H17Cl2NO4S. The van der Waals surface area contributed by atoms with E-state index in [1.807, 2.05) is 0 Å². The summed E-state index contributed by atoms with van der Waals surface area (Å²) in [4.78, 5) is 11.8. The molecule has 1 aromatic rings. The lowest BCUT2D eigenvalue weighted by molar-refractivity contribution is -0.149. The van der Waals surface area contributed by atoms with E-state index in [2.05, 4.69) is 0 Å². The highest BCUT2D eigenvalue weighted by atomic mass is 35.5. The van der Waals surface area contributed by atoms with Gasteiger partial charge in [-0.05, 0) is 38.0 Å². The van der Waals surface area contributed by atoms with Crippen molar-refractivity contribution in [3.63, 3.8) is 0 Å². The van der Waals surface area contributed by atoms with Crippen LogP contribution in [0, 0.1) is 5.92 Å². The van der Waals surface area contributed by atoms with E-state index in [0.29, 0.717) is 24.4 Å². The van der Waals surface area contributed by atoms with Gasteiger partial charge in [0, 0.05) is 18.1 Å². The number of halogens is 2. The average Bonchev–Trinajstić information content (AvgIpc) is 2.47. The molecule has 0 spiro atoms. The third-order valence-corrected chi connectivity index (χ3v) is 6.10.